The van der Waals surface area contributed by atoms with Gasteiger partial charge in [0.1, 0.15) is 10.5 Å². The Balaban J connectivity index is 1.73. The summed E-state index contributed by atoms with van der Waals surface area (Å²) in [6.07, 6.45) is 0. The van der Waals surface area contributed by atoms with Crippen molar-refractivity contribution in [1.82, 2.24) is 10.3 Å². The third-order valence-electron chi connectivity index (χ3n) is 3.33. The summed E-state index contributed by atoms with van der Waals surface area (Å²) in [4.78, 5) is 4.72. The molecule has 1 atom stereocenters. The smallest absolute Gasteiger partial charge is 0.219 e. The van der Waals surface area contributed by atoms with Crippen LogP contribution in [0, 0.1) is 11.3 Å². The number of rotatable bonds is 4. The highest BCUT2D eigenvalue weighted by Gasteiger charge is 2.22. The molecule has 0 aliphatic rings. The molecule has 114 valence electrons. The Kier molecular flexibility index (Phi) is 4.56. The highest BCUT2D eigenvalue weighted by Crippen LogP contribution is 2.22. The average molecular weight is 342 g/mol. The van der Waals surface area contributed by atoms with Gasteiger partial charge in [0.05, 0.1) is 6.07 Å². The van der Waals surface area contributed by atoms with Gasteiger partial charge in [0, 0.05) is 11.6 Å². The standard InChI is InChI=1S/C17H12ClN3OS/c18-12-7-5-11(6-8-12)10-20-17(23)13(9-19)16-21-14-3-1-2-4-15(14)22-16/h1-8,13H,10H2,(H,20,23). The second kappa shape index (κ2) is 6.78. The molecule has 3 rings (SSSR count). The third-order valence-corrected chi connectivity index (χ3v) is 3.96. The van der Waals surface area contributed by atoms with Crippen molar-refractivity contribution in [3.05, 3.63) is 65.0 Å². The van der Waals surface area contributed by atoms with Crippen molar-refractivity contribution in [2.24, 2.45) is 0 Å². The summed E-state index contributed by atoms with van der Waals surface area (Å²) >= 11 is 11.2. The van der Waals surface area contributed by atoms with Gasteiger partial charge in [-0.25, -0.2) is 4.98 Å². The van der Waals surface area contributed by atoms with E-state index in [0.717, 1.165) is 5.56 Å². The van der Waals surface area contributed by atoms with Crippen molar-refractivity contribution in [2.75, 3.05) is 0 Å². The Morgan fingerprint density at radius 2 is 2.00 bits per heavy atom. The fourth-order valence-electron chi connectivity index (χ4n) is 2.13. The lowest BCUT2D eigenvalue weighted by Gasteiger charge is -2.10. The third kappa shape index (κ3) is 3.50. The number of nitrogens with one attached hydrogen (secondary N) is 1. The van der Waals surface area contributed by atoms with Crippen LogP contribution in [0.3, 0.4) is 0 Å². The van der Waals surface area contributed by atoms with E-state index in [0.29, 0.717) is 33.5 Å². The number of aromatic nitrogens is 1. The SMILES string of the molecule is N#CC(C(=S)NCc1ccc(Cl)cc1)c1nc2ccccc2o1. The van der Waals surface area contributed by atoms with Gasteiger partial charge in [-0.1, -0.05) is 48.1 Å². The zero-order valence-electron chi connectivity index (χ0n) is 12.0. The molecule has 23 heavy (non-hydrogen) atoms. The Labute approximate surface area is 143 Å². The number of hydrogen-bond donors (Lipinski definition) is 1. The van der Waals surface area contributed by atoms with Crippen LogP contribution in [0.25, 0.3) is 11.1 Å². The predicted octanol–water partition coefficient (Wildman–Crippen LogP) is 4.21. The average Bonchev–Trinajstić information content (AvgIpc) is 2.98. The van der Waals surface area contributed by atoms with Gasteiger partial charge < -0.3 is 9.73 Å². The van der Waals surface area contributed by atoms with Crippen molar-refractivity contribution < 1.29 is 4.42 Å². The minimum absolute atomic E-state index is 0.308. The molecule has 0 aliphatic carbocycles. The minimum atomic E-state index is -0.718. The predicted molar refractivity (Wildman–Crippen MR) is 93.3 cm³/mol. The van der Waals surface area contributed by atoms with Crippen LogP contribution in [0.15, 0.2) is 52.9 Å². The van der Waals surface area contributed by atoms with Gasteiger partial charge >= 0.3 is 0 Å². The summed E-state index contributed by atoms with van der Waals surface area (Å²) in [5, 5.41) is 13.2. The number of hydrogen-bond acceptors (Lipinski definition) is 4. The van der Waals surface area contributed by atoms with Crippen LogP contribution in [-0.2, 0) is 6.54 Å². The van der Waals surface area contributed by atoms with Gasteiger partial charge in [0.2, 0.25) is 5.89 Å². The summed E-state index contributed by atoms with van der Waals surface area (Å²) in [7, 11) is 0. The summed E-state index contributed by atoms with van der Waals surface area (Å²) in [5.41, 5.74) is 2.37. The number of benzene rings is 2. The lowest BCUT2D eigenvalue weighted by molar-refractivity contribution is 0.537. The first-order chi connectivity index (χ1) is 11.2. The molecule has 1 aromatic heterocycles. The molecule has 1 unspecified atom stereocenters. The van der Waals surface area contributed by atoms with Crippen molar-refractivity contribution in [2.45, 2.75) is 12.5 Å². The number of nitriles is 1. The molecule has 1 heterocycles. The van der Waals surface area contributed by atoms with E-state index in [2.05, 4.69) is 16.4 Å². The molecular weight excluding hydrogens is 330 g/mol. The van der Waals surface area contributed by atoms with E-state index in [1.807, 2.05) is 48.5 Å². The molecule has 3 aromatic rings. The molecule has 0 fully saturated rings. The van der Waals surface area contributed by atoms with Gasteiger partial charge in [-0.05, 0) is 29.8 Å². The number of nitrogens with zero attached hydrogens (tertiary/aromatic N) is 2. The van der Waals surface area contributed by atoms with Crippen LogP contribution in [0.2, 0.25) is 5.02 Å². The van der Waals surface area contributed by atoms with Crippen LogP contribution in [0.4, 0.5) is 0 Å². The van der Waals surface area contributed by atoms with E-state index in [4.69, 9.17) is 28.2 Å². The van der Waals surface area contributed by atoms with Crippen molar-refractivity contribution in [3.63, 3.8) is 0 Å². The lowest BCUT2D eigenvalue weighted by atomic mass is 10.1. The van der Waals surface area contributed by atoms with Crippen LogP contribution in [0.5, 0.6) is 0 Å². The zero-order valence-corrected chi connectivity index (χ0v) is 13.6. The fourth-order valence-corrected chi connectivity index (χ4v) is 2.48. The molecule has 1 N–H and O–H groups in total. The Morgan fingerprint density at radius 1 is 1.26 bits per heavy atom. The number of halogens is 1. The van der Waals surface area contributed by atoms with Crippen molar-refractivity contribution in [3.8, 4) is 6.07 Å². The second-order valence-corrected chi connectivity index (χ2v) is 5.80. The summed E-state index contributed by atoms with van der Waals surface area (Å²) < 4.78 is 5.63. The molecule has 4 nitrogen and oxygen atoms in total. The van der Waals surface area contributed by atoms with E-state index in [9.17, 15) is 5.26 Å². The Bertz CT molecular complexity index is 850. The monoisotopic (exact) mass is 341 g/mol. The molecule has 0 bridgehead atoms. The normalized spacial score (nSPS) is 11.8. The molecule has 0 amide bonds. The molecule has 0 saturated carbocycles. The van der Waals surface area contributed by atoms with Gasteiger partial charge in [0.25, 0.3) is 0 Å². The van der Waals surface area contributed by atoms with E-state index < -0.39 is 5.92 Å². The van der Waals surface area contributed by atoms with Crippen LogP contribution < -0.4 is 5.32 Å². The maximum absolute atomic E-state index is 9.41. The number of oxazole rings is 1. The quantitative estimate of drug-likeness (QED) is 0.720. The second-order valence-electron chi connectivity index (χ2n) is 4.93. The topological polar surface area (TPSA) is 61.9 Å². The van der Waals surface area contributed by atoms with Gasteiger partial charge in [-0.15, -0.1) is 0 Å². The fraction of sp³-hybridized carbons (Fsp3) is 0.118. The van der Waals surface area contributed by atoms with Crippen molar-refractivity contribution >= 4 is 39.9 Å². The first-order valence-corrected chi connectivity index (χ1v) is 7.73. The first-order valence-electron chi connectivity index (χ1n) is 6.94. The summed E-state index contributed by atoms with van der Waals surface area (Å²) in [6, 6.07) is 16.9. The highest BCUT2D eigenvalue weighted by molar-refractivity contribution is 7.80. The van der Waals surface area contributed by atoms with E-state index >= 15 is 0 Å². The number of fused-ring (bicyclic) bond motifs is 1. The van der Waals surface area contributed by atoms with Gasteiger partial charge in [-0.2, -0.15) is 5.26 Å². The largest absolute Gasteiger partial charge is 0.439 e. The van der Waals surface area contributed by atoms with Crippen LogP contribution in [0.1, 0.15) is 17.4 Å². The minimum Gasteiger partial charge on any atom is -0.439 e. The maximum atomic E-state index is 9.41. The van der Waals surface area contributed by atoms with Gasteiger partial charge in [0.15, 0.2) is 11.5 Å². The van der Waals surface area contributed by atoms with Crippen LogP contribution in [-0.4, -0.2) is 9.97 Å². The van der Waals surface area contributed by atoms with E-state index in [-0.39, 0.29) is 0 Å². The molecule has 0 radical (unpaired) electrons. The zero-order chi connectivity index (χ0) is 16.2. The maximum Gasteiger partial charge on any atom is 0.219 e. The van der Waals surface area contributed by atoms with Crippen LogP contribution >= 0.6 is 23.8 Å². The van der Waals surface area contributed by atoms with E-state index in [1.165, 1.54) is 0 Å². The van der Waals surface area contributed by atoms with Crippen molar-refractivity contribution in [1.29, 1.82) is 5.26 Å². The molecule has 6 heteroatoms. The molecule has 2 aromatic carbocycles. The summed E-state index contributed by atoms with van der Waals surface area (Å²) in [6.45, 7) is 0.508. The van der Waals surface area contributed by atoms with E-state index in [1.54, 1.807) is 0 Å². The Hall–Kier alpha value is -2.42. The summed E-state index contributed by atoms with van der Waals surface area (Å²) in [5.74, 6) is -0.410. The molecule has 0 spiro atoms. The number of thiocarbonyl (C=S) groups is 1. The highest BCUT2D eigenvalue weighted by atomic mass is 35.5. The van der Waals surface area contributed by atoms with Gasteiger partial charge in [-0.3, -0.25) is 0 Å². The molecular formula is C17H12ClN3OS. The number of para-hydroxylation sites is 2. The first kappa shape index (κ1) is 15.5. The molecule has 0 aliphatic heterocycles. The Morgan fingerprint density at radius 3 is 2.70 bits per heavy atom. The lowest BCUT2D eigenvalue weighted by Crippen LogP contribution is -2.26. The molecule has 0 saturated heterocycles.